The van der Waals surface area contributed by atoms with E-state index in [0.717, 1.165) is 32.4 Å². The van der Waals surface area contributed by atoms with E-state index in [4.69, 9.17) is 9.84 Å². The minimum absolute atomic E-state index is 0.0217. The van der Waals surface area contributed by atoms with Crippen molar-refractivity contribution in [3.63, 3.8) is 0 Å². The van der Waals surface area contributed by atoms with E-state index in [-0.39, 0.29) is 11.7 Å². The zero-order valence-electron chi connectivity index (χ0n) is 9.55. The number of aliphatic hydroxyl groups excluding tert-OH is 1. The molecule has 3 nitrogen and oxygen atoms in total. The van der Waals surface area contributed by atoms with Crippen LogP contribution in [0.1, 0.15) is 33.1 Å². The van der Waals surface area contributed by atoms with Crippen LogP contribution in [0.25, 0.3) is 0 Å². The van der Waals surface area contributed by atoms with Crippen molar-refractivity contribution in [1.82, 2.24) is 5.32 Å². The number of aliphatic hydroxyl groups is 1. The molecule has 0 spiro atoms. The van der Waals surface area contributed by atoms with Gasteiger partial charge in [-0.05, 0) is 52.1 Å². The number of hydrogen-bond acceptors (Lipinski definition) is 3. The maximum Gasteiger partial charge on any atom is 0.0634 e. The highest BCUT2D eigenvalue weighted by molar-refractivity contribution is 4.80. The van der Waals surface area contributed by atoms with Crippen molar-refractivity contribution >= 4 is 0 Å². The summed E-state index contributed by atoms with van der Waals surface area (Å²) in [6.07, 6.45) is 2.94. The van der Waals surface area contributed by atoms with Gasteiger partial charge in [-0.1, -0.05) is 0 Å². The van der Waals surface area contributed by atoms with E-state index >= 15 is 0 Å². The molecule has 0 atom stereocenters. The largest absolute Gasteiger partial charge is 0.393 e. The molecule has 1 aliphatic carbocycles. The molecule has 84 valence electrons. The Labute approximate surface area is 86.8 Å². The summed E-state index contributed by atoms with van der Waals surface area (Å²) < 4.78 is 5.32. The summed E-state index contributed by atoms with van der Waals surface area (Å²) in [4.78, 5) is 0. The van der Waals surface area contributed by atoms with Gasteiger partial charge >= 0.3 is 0 Å². The predicted molar refractivity (Wildman–Crippen MR) is 57.3 cm³/mol. The van der Waals surface area contributed by atoms with Crippen LogP contribution in [0.15, 0.2) is 0 Å². The fourth-order valence-electron chi connectivity index (χ4n) is 1.66. The fourth-order valence-corrected chi connectivity index (χ4v) is 1.66. The smallest absolute Gasteiger partial charge is 0.0634 e. The molecule has 2 N–H and O–H groups in total. The zero-order valence-corrected chi connectivity index (χ0v) is 9.55. The number of rotatable bonds is 6. The lowest BCUT2D eigenvalue weighted by molar-refractivity contribution is 0.0136. The van der Waals surface area contributed by atoms with Gasteiger partial charge in [-0.25, -0.2) is 0 Å². The van der Waals surface area contributed by atoms with Crippen LogP contribution >= 0.6 is 0 Å². The molecule has 0 heterocycles. The van der Waals surface area contributed by atoms with Crippen LogP contribution in [0.5, 0.6) is 0 Å². The molecule has 1 rings (SSSR count). The second kappa shape index (κ2) is 5.10. The van der Waals surface area contributed by atoms with Crippen molar-refractivity contribution in [2.24, 2.45) is 5.92 Å². The van der Waals surface area contributed by atoms with Crippen molar-refractivity contribution in [3.8, 4) is 0 Å². The van der Waals surface area contributed by atoms with Crippen molar-refractivity contribution in [2.75, 3.05) is 20.2 Å². The van der Waals surface area contributed by atoms with E-state index in [1.165, 1.54) is 0 Å². The van der Waals surface area contributed by atoms with Gasteiger partial charge in [0.15, 0.2) is 0 Å². The van der Waals surface area contributed by atoms with Crippen LogP contribution in [0.4, 0.5) is 0 Å². The molecule has 1 fully saturated rings. The summed E-state index contributed by atoms with van der Waals surface area (Å²) in [5.41, 5.74) is -0.0217. The third-order valence-corrected chi connectivity index (χ3v) is 3.10. The SMILES string of the molecule is COC(C)(C)CCNCC1CC(O)C1. The van der Waals surface area contributed by atoms with Gasteiger partial charge in [0, 0.05) is 7.11 Å². The van der Waals surface area contributed by atoms with Gasteiger partial charge in [-0.2, -0.15) is 0 Å². The van der Waals surface area contributed by atoms with E-state index in [2.05, 4.69) is 19.2 Å². The third kappa shape index (κ3) is 3.95. The summed E-state index contributed by atoms with van der Waals surface area (Å²) in [7, 11) is 1.75. The summed E-state index contributed by atoms with van der Waals surface area (Å²) >= 11 is 0. The molecule has 0 aromatic heterocycles. The van der Waals surface area contributed by atoms with E-state index in [0.29, 0.717) is 5.92 Å². The van der Waals surface area contributed by atoms with Crippen LogP contribution in [0.2, 0.25) is 0 Å². The van der Waals surface area contributed by atoms with Gasteiger partial charge in [-0.15, -0.1) is 0 Å². The lowest BCUT2D eigenvalue weighted by Crippen LogP contribution is -2.38. The van der Waals surface area contributed by atoms with E-state index in [1.807, 2.05) is 0 Å². The molecule has 0 aromatic rings. The van der Waals surface area contributed by atoms with Crippen LogP contribution in [-0.4, -0.2) is 37.0 Å². The number of nitrogens with one attached hydrogen (secondary N) is 1. The molecule has 14 heavy (non-hydrogen) atoms. The second-order valence-electron chi connectivity index (χ2n) is 4.91. The minimum atomic E-state index is -0.0304. The van der Waals surface area contributed by atoms with Crippen molar-refractivity contribution < 1.29 is 9.84 Å². The molecule has 0 bridgehead atoms. The third-order valence-electron chi connectivity index (χ3n) is 3.10. The van der Waals surface area contributed by atoms with Crippen LogP contribution in [-0.2, 0) is 4.74 Å². The second-order valence-corrected chi connectivity index (χ2v) is 4.91. The van der Waals surface area contributed by atoms with Gasteiger partial charge in [-0.3, -0.25) is 0 Å². The molecule has 1 saturated carbocycles. The fraction of sp³-hybridized carbons (Fsp3) is 1.00. The molecule has 0 unspecified atom stereocenters. The molecule has 0 aliphatic heterocycles. The Morgan fingerprint density at radius 3 is 2.57 bits per heavy atom. The molecular weight excluding hydrogens is 178 g/mol. The highest BCUT2D eigenvalue weighted by Gasteiger charge is 2.26. The van der Waals surface area contributed by atoms with Gasteiger partial charge < -0.3 is 15.2 Å². The van der Waals surface area contributed by atoms with Gasteiger partial charge in [0.2, 0.25) is 0 Å². The zero-order chi connectivity index (χ0) is 10.6. The minimum Gasteiger partial charge on any atom is -0.393 e. The first kappa shape index (κ1) is 12.0. The highest BCUT2D eigenvalue weighted by atomic mass is 16.5. The molecule has 0 aromatic carbocycles. The average molecular weight is 201 g/mol. The van der Waals surface area contributed by atoms with Crippen molar-refractivity contribution in [2.45, 2.75) is 44.8 Å². The standard InChI is InChI=1S/C11H23NO2/c1-11(2,14-3)4-5-12-8-9-6-10(13)7-9/h9-10,12-13H,4-8H2,1-3H3. The Hall–Kier alpha value is -0.120. The van der Waals surface area contributed by atoms with Gasteiger partial charge in [0.05, 0.1) is 11.7 Å². The van der Waals surface area contributed by atoms with E-state index < -0.39 is 0 Å². The van der Waals surface area contributed by atoms with Crippen molar-refractivity contribution in [1.29, 1.82) is 0 Å². The Balaban J connectivity index is 1.94. The van der Waals surface area contributed by atoms with E-state index in [9.17, 15) is 0 Å². The predicted octanol–water partition coefficient (Wildman–Crippen LogP) is 1.16. The first-order valence-corrected chi connectivity index (χ1v) is 5.47. The molecule has 0 saturated heterocycles. The monoisotopic (exact) mass is 201 g/mol. The quantitative estimate of drug-likeness (QED) is 0.634. The van der Waals surface area contributed by atoms with Gasteiger partial charge in [0.1, 0.15) is 0 Å². The number of methoxy groups -OCH3 is 1. The van der Waals surface area contributed by atoms with Crippen LogP contribution in [0, 0.1) is 5.92 Å². The Bertz CT molecular complexity index is 165. The van der Waals surface area contributed by atoms with Gasteiger partial charge in [0.25, 0.3) is 0 Å². The number of ether oxygens (including phenoxy) is 1. The summed E-state index contributed by atoms with van der Waals surface area (Å²) in [5.74, 6) is 0.690. The number of hydrogen-bond donors (Lipinski definition) is 2. The molecular formula is C11H23NO2. The Kier molecular flexibility index (Phi) is 4.35. The topological polar surface area (TPSA) is 41.5 Å². The molecule has 0 radical (unpaired) electrons. The lowest BCUT2D eigenvalue weighted by Gasteiger charge is -2.32. The maximum absolute atomic E-state index is 9.09. The summed E-state index contributed by atoms with van der Waals surface area (Å²) in [6.45, 7) is 6.23. The van der Waals surface area contributed by atoms with Crippen LogP contribution < -0.4 is 5.32 Å². The maximum atomic E-state index is 9.09. The van der Waals surface area contributed by atoms with Crippen LogP contribution in [0.3, 0.4) is 0 Å². The van der Waals surface area contributed by atoms with Crippen molar-refractivity contribution in [3.05, 3.63) is 0 Å². The first-order chi connectivity index (χ1) is 6.53. The first-order valence-electron chi connectivity index (χ1n) is 5.47. The lowest BCUT2D eigenvalue weighted by atomic mass is 9.82. The average Bonchev–Trinajstić information content (AvgIpc) is 2.09. The molecule has 1 aliphatic rings. The van der Waals surface area contributed by atoms with E-state index in [1.54, 1.807) is 7.11 Å². The summed E-state index contributed by atoms with van der Waals surface area (Å²) in [5, 5.41) is 12.5. The Morgan fingerprint density at radius 2 is 2.07 bits per heavy atom. The molecule has 0 amide bonds. The summed E-state index contributed by atoms with van der Waals surface area (Å²) in [6, 6.07) is 0. The molecule has 3 heteroatoms. The highest BCUT2D eigenvalue weighted by Crippen LogP contribution is 2.26. The Morgan fingerprint density at radius 1 is 1.43 bits per heavy atom. The normalized spacial score (nSPS) is 27.4.